The molecule has 0 spiro atoms. The Bertz CT molecular complexity index is 913. The van der Waals surface area contributed by atoms with Crippen molar-refractivity contribution in [3.63, 3.8) is 0 Å². The lowest BCUT2D eigenvalue weighted by molar-refractivity contribution is -0.388. The molecule has 0 atom stereocenters. The standard InChI is InChI=1S/C14H11F3N2O6S/c1-24-12-7-6-11(19(20)21)13(18-12)26(22,23)8-9-2-4-10(5-3-9)25-14(15,16)17/h2-7H,8H2,1H3. The first-order valence-electron chi connectivity index (χ1n) is 6.79. The third-order valence-electron chi connectivity index (χ3n) is 3.03. The minimum absolute atomic E-state index is 0.0958. The molecule has 2 aromatic rings. The number of hydrogen-bond acceptors (Lipinski definition) is 7. The van der Waals surface area contributed by atoms with Gasteiger partial charge in [0.25, 0.3) is 0 Å². The molecule has 1 aromatic carbocycles. The Labute approximate surface area is 145 Å². The second-order valence-electron chi connectivity index (χ2n) is 4.89. The van der Waals surface area contributed by atoms with Gasteiger partial charge in [0, 0.05) is 12.1 Å². The van der Waals surface area contributed by atoms with E-state index in [2.05, 4.69) is 9.72 Å². The lowest BCUT2D eigenvalue weighted by atomic mass is 10.2. The quantitative estimate of drug-likeness (QED) is 0.549. The Morgan fingerprint density at radius 3 is 2.27 bits per heavy atom. The van der Waals surface area contributed by atoms with Gasteiger partial charge >= 0.3 is 12.0 Å². The van der Waals surface area contributed by atoms with Crippen molar-refractivity contribution in [2.75, 3.05) is 7.11 Å². The highest BCUT2D eigenvalue weighted by Gasteiger charge is 2.31. The van der Waals surface area contributed by atoms with Crippen LogP contribution in [0.3, 0.4) is 0 Å². The van der Waals surface area contributed by atoms with E-state index in [0.29, 0.717) is 0 Å². The molecule has 1 aromatic heterocycles. The van der Waals surface area contributed by atoms with E-state index < -0.39 is 43.3 Å². The van der Waals surface area contributed by atoms with Gasteiger partial charge in [0.15, 0.2) is 0 Å². The van der Waals surface area contributed by atoms with E-state index >= 15 is 0 Å². The van der Waals surface area contributed by atoms with Crippen LogP contribution in [-0.4, -0.2) is 31.8 Å². The number of alkyl halides is 3. The van der Waals surface area contributed by atoms with Gasteiger partial charge in [0.05, 0.1) is 17.8 Å². The van der Waals surface area contributed by atoms with E-state index in [1.807, 2.05) is 0 Å². The molecule has 0 aliphatic heterocycles. The van der Waals surface area contributed by atoms with Crippen LogP contribution in [0.1, 0.15) is 5.56 Å². The Balaban J connectivity index is 2.33. The molecule has 0 N–H and O–H groups in total. The lowest BCUT2D eigenvalue weighted by Gasteiger charge is -2.10. The third kappa shape index (κ3) is 4.81. The average Bonchev–Trinajstić information content (AvgIpc) is 2.54. The third-order valence-corrected chi connectivity index (χ3v) is 4.63. The molecule has 0 bridgehead atoms. The fraction of sp³-hybridized carbons (Fsp3) is 0.214. The van der Waals surface area contributed by atoms with Crippen molar-refractivity contribution < 1.29 is 36.0 Å². The highest BCUT2D eigenvalue weighted by Crippen LogP contribution is 2.28. The summed E-state index contributed by atoms with van der Waals surface area (Å²) in [6, 6.07) is 6.16. The summed E-state index contributed by atoms with van der Waals surface area (Å²) in [5, 5.41) is 10.2. The van der Waals surface area contributed by atoms with Crippen LogP contribution < -0.4 is 9.47 Å². The van der Waals surface area contributed by atoms with Gasteiger partial charge in [-0.3, -0.25) is 10.1 Å². The smallest absolute Gasteiger partial charge is 0.481 e. The zero-order valence-electron chi connectivity index (χ0n) is 13.1. The molecule has 1 heterocycles. The van der Waals surface area contributed by atoms with Crippen molar-refractivity contribution in [1.29, 1.82) is 0 Å². The van der Waals surface area contributed by atoms with Crippen LogP contribution in [0.2, 0.25) is 0 Å². The van der Waals surface area contributed by atoms with E-state index in [4.69, 9.17) is 4.74 Å². The summed E-state index contributed by atoms with van der Waals surface area (Å²) in [5.41, 5.74) is -0.638. The first-order chi connectivity index (χ1) is 12.0. The van der Waals surface area contributed by atoms with Gasteiger partial charge in [-0.1, -0.05) is 12.1 Å². The molecule has 0 aliphatic rings. The SMILES string of the molecule is COc1ccc([N+](=O)[O-])c(S(=O)(=O)Cc2ccc(OC(F)(F)F)cc2)n1. The Morgan fingerprint density at radius 2 is 1.77 bits per heavy atom. The lowest BCUT2D eigenvalue weighted by Crippen LogP contribution is -2.17. The van der Waals surface area contributed by atoms with Crippen molar-refractivity contribution in [3.8, 4) is 11.6 Å². The highest BCUT2D eigenvalue weighted by atomic mass is 32.2. The van der Waals surface area contributed by atoms with Crippen LogP contribution in [0.4, 0.5) is 18.9 Å². The molecule has 0 aliphatic carbocycles. The molecular weight excluding hydrogens is 381 g/mol. The van der Waals surface area contributed by atoms with Gasteiger partial charge in [-0.05, 0) is 17.7 Å². The van der Waals surface area contributed by atoms with E-state index in [-0.39, 0.29) is 11.4 Å². The average molecular weight is 392 g/mol. The van der Waals surface area contributed by atoms with Crippen LogP contribution in [0.15, 0.2) is 41.4 Å². The summed E-state index contributed by atoms with van der Waals surface area (Å²) < 4.78 is 69.8. The summed E-state index contributed by atoms with van der Waals surface area (Å²) in [6.45, 7) is 0. The first kappa shape index (κ1) is 19.4. The van der Waals surface area contributed by atoms with E-state index in [1.54, 1.807) is 0 Å². The Hall–Kier alpha value is -2.89. The van der Waals surface area contributed by atoms with Gasteiger partial charge < -0.3 is 9.47 Å². The van der Waals surface area contributed by atoms with Gasteiger partial charge in [-0.15, -0.1) is 13.2 Å². The zero-order valence-corrected chi connectivity index (χ0v) is 13.9. The molecule has 0 radical (unpaired) electrons. The molecule has 2 rings (SSSR count). The maximum absolute atomic E-state index is 12.5. The van der Waals surface area contributed by atoms with E-state index in [1.165, 1.54) is 7.11 Å². The summed E-state index contributed by atoms with van der Waals surface area (Å²) >= 11 is 0. The van der Waals surface area contributed by atoms with Crippen LogP contribution in [0, 0.1) is 10.1 Å². The van der Waals surface area contributed by atoms with E-state index in [0.717, 1.165) is 36.4 Å². The molecule has 12 heteroatoms. The number of nitro groups is 1. The van der Waals surface area contributed by atoms with Crippen LogP contribution >= 0.6 is 0 Å². The van der Waals surface area contributed by atoms with Gasteiger partial charge in [0.1, 0.15) is 5.75 Å². The molecule has 26 heavy (non-hydrogen) atoms. The molecule has 140 valence electrons. The molecule has 0 saturated heterocycles. The normalized spacial score (nSPS) is 11.8. The predicted molar refractivity (Wildman–Crippen MR) is 81.5 cm³/mol. The molecule has 0 unspecified atom stereocenters. The predicted octanol–water partition coefficient (Wildman–Crippen LogP) is 2.87. The molecular formula is C14H11F3N2O6S. The monoisotopic (exact) mass is 392 g/mol. The summed E-state index contributed by atoms with van der Waals surface area (Å²) in [7, 11) is -3.05. The topological polar surface area (TPSA) is 109 Å². The fourth-order valence-corrected chi connectivity index (χ4v) is 3.43. The second-order valence-corrected chi connectivity index (χ2v) is 6.79. The van der Waals surface area contributed by atoms with E-state index in [9.17, 15) is 31.7 Å². The van der Waals surface area contributed by atoms with Crippen molar-refractivity contribution in [3.05, 3.63) is 52.1 Å². The number of rotatable bonds is 6. The number of pyridine rings is 1. The van der Waals surface area contributed by atoms with Crippen LogP contribution in [0.5, 0.6) is 11.6 Å². The zero-order chi connectivity index (χ0) is 19.5. The largest absolute Gasteiger partial charge is 0.573 e. The molecule has 0 amide bonds. The summed E-state index contributed by atoms with van der Waals surface area (Å²) in [4.78, 5) is 13.8. The first-order valence-corrected chi connectivity index (χ1v) is 8.44. The Kier molecular flexibility index (Phi) is 5.35. The number of hydrogen-bond donors (Lipinski definition) is 0. The number of methoxy groups -OCH3 is 1. The number of benzene rings is 1. The maximum Gasteiger partial charge on any atom is 0.573 e. The van der Waals surface area contributed by atoms with Crippen molar-refractivity contribution >= 4 is 15.5 Å². The number of sulfone groups is 1. The number of nitrogens with zero attached hydrogens (tertiary/aromatic N) is 2. The minimum atomic E-state index is -4.88. The van der Waals surface area contributed by atoms with Gasteiger partial charge in [-0.25, -0.2) is 8.42 Å². The maximum atomic E-state index is 12.5. The summed E-state index contributed by atoms with van der Waals surface area (Å²) in [6.07, 6.45) is -4.88. The van der Waals surface area contributed by atoms with Gasteiger partial charge in [-0.2, -0.15) is 4.98 Å². The Morgan fingerprint density at radius 1 is 1.15 bits per heavy atom. The van der Waals surface area contributed by atoms with Crippen LogP contribution in [0.25, 0.3) is 0 Å². The number of halogens is 3. The molecule has 0 fully saturated rings. The molecule has 8 nitrogen and oxygen atoms in total. The van der Waals surface area contributed by atoms with Crippen molar-refractivity contribution in [2.24, 2.45) is 0 Å². The highest BCUT2D eigenvalue weighted by molar-refractivity contribution is 7.90. The fourth-order valence-electron chi connectivity index (χ4n) is 1.97. The molecule has 0 saturated carbocycles. The number of ether oxygens (including phenoxy) is 2. The van der Waals surface area contributed by atoms with Crippen molar-refractivity contribution in [2.45, 2.75) is 17.1 Å². The van der Waals surface area contributed by atoms with Crippen molar-refractivity contribution in [1.82, 2.24) is 4.98 Å². The second kappa shape index (κ2) is 7.15. The number of aromatic nitrogens is 1. The van der Waals surface area contributed by atoms with Crippen LogP contribution in [-0.2, 0) is 15.6 Å². The van der Waals surface area contributed by atoms with Gasteiger partial charge in [0.2, 0.25) is 20.7 Å². The summed E-state index contributed by atoms with van der Waals surface area (Å²) in [5.74, 6) is -1.37. The minimum Gasteiger partial charge on any atom is -0.481 e.